The van der Waals surface area contributed by atoms with Gasteiger partial charge in [-0.15, -0.1) is 0 Å². The van der Waals surface area contributed by atoms with Gasteiger partial charge in [-0.3, -0.25) is 4.79 Å². The standard InChI is InChI=1S/C11H13BrO2/c1-3-14-11(13)7-9-6-8(2)4-5-10(9)12/h4-6H,3,7H2,1-2H3. The van der Waals surface area contributed by atoms with Crippen LogP contribution in [0.1, 0.15) is 18.1 Å². The van der Waals surface area contributed by atoms with Crippen molar-refractivity contribution in [3.8, 4) is 0 Å². The number of rotatable bonds is 3. The Morgan fingerprint density at radius 3 is 2.86 bits per heavy atom. The van der Waals surface area contributed by atoms with Crippen LogP contribution in [0.3, 0.4) is 0 Å². The predicted octanol–water partition coefficient (Wildman–Crippen LogP) is 2.86. The lowest BCUT2D eigenvalue weighted by atomic mass is 10.1. The van der Waals surface area contributed by atoms with E-state index in [4.69, 9.17) is 4.74 Å². The van der Waals surface area contributed by atoms with Crippen molar-refractivity contribution in [2.75, 3.05) is 6.61 Å². The zero-order chi connectivity index (χ0) is 10.6. The Bertz CT molecular complexity index is 334. The number of benzene rings is 1. The number of aryl methyl sites for hydroxylation is 1. The van der Waals surface area contributed by atoms with Gasteiger partial charge in [0.1, 0.15) is 0 Å². The molecule has 0 unspecified atom stereocenters. The van der Waals surface area contributed by atoms with Gasteiger partial charge in [-0.05, 0) is 25.5 Å². The Balaban J connectivity index is 2.75. The summed E-state index contributed by atoms with van der Waals surface area (Å²) >= 11 is 3.40. The second kappa shape index (κ2) is 5.15. The van der Waals surface area contributed by atoms with Crippen molar-refractivity contribution in [3.05, 3.63) is 33.8 Å². The smallest absolute Gasteiger partial charge is 0.310 e. The molecule has 0 heterocycles. The lowest BCUT2D eigenvalue weighted by Gasteiger charge is -2.05. The van der Waals surface area contributed by atoms with Gasteiger partial charge in [0.15, 0.2) is 0 Å². The van der Waals surface area contributed by atoms with E-state index >= 15 is 0 Å². The highest BCUT2D eigenvalue weighted by atomic mass is 79.9. The molecule has 76 valence electrons. The summed E-state index contributed by atoms with van der Waals surface area (Å²) in [5.74, 6) is -0.182. The van der Waals surface area contributed by atoms with Crippen LogP contribution < -0.4 is 0 Å². The molecule has 0 aliphatic heterocycles. The lowest BCUT2D eigenvalue weighted by molar-refractivity contribution is -0.142. The van der Waals surface area contributed by atoms with Crippen molar-refractivity contribution in [3.63, 3.8) is 0 Å². The molecule has 0 aliphatic carbocycles. The third kappa shape index (κ3) is 3.14. The number of carbonyl (C=O) groups excluding carboxylic acids is 1. The molecule has 2 nitrogen and oxygen atoms in total. The number of hydrogen-bond acceptors (Lipinski definition) is 2. The average Bonchev–Trinajstić information content (AvgIpc) is 2.12. The molecule has 0 spiro atoms. The first-order valence-electron chi connectivity index (χ1n) is 4.54. The summed E-state index contributed by atoms with van der Waals surface area (Å²) in [6.07, 6.45) is 0.329. The maximum Gasteiger partial charge on any atom is 0.310 e. The molecule has 0 radical (unpaired) electrons. The van der Waals surface area contributed by atoms with E-state index in [1.165, 1.54) is 0 Å². The van der Waals surface area contributed by atoms with E-state index in [0.29, 0.717) is 13.0 Å². The van der Waals surface area contributed by atoms with Gasteiger partial charge in [-0.2, -0.15) is 0 Å². The maximum absolute atomic E-state index is 11.2. The lowest BCUT2D eigenvalue weighted by Crippen LogP contribution is -2.07. The molecule has 0 fully saturated rings. The van der Waals surface area contributed by atoms with Crippen molar-refractivity contribution < 1.29 is 9.53 Å². The Labute approximate surface area is 92.4 Å². The second-order valence-electron chi connectivity index (χ2n) is 3.08. The summed E-state index contributed by atoms with van der Waals surface area (Å²) in [7, 11) is 0. The SMILES string of the molecule is CCOC(=O)Cc1cc(C)ccc1Br. The van der Waals surface area contributed by atoms with Crippen LogP contribution in [-0.4, -0.2) is 12.6 Å². The molecule has 0 aliphatic rings. The normalized spacial score (nSPS) is 9.93. The molecule has 14 heavy (non-hydrogen) atoms. The van der Waals surface area contributed by atoms with Crippen LogP contribution in [0.15, 0.2) is 22.7 Å². The van der Waals surface area contributed by atoms with Gasteiger partial charge < -0.3 is 4.74 Å². The molecular formula is C11H13BrO2. The van der Waals surface area contributed by atoms with Gasteiger partial charge in [0, 0.05) is 4.47 Å². The van der Waals surface area contributed by atoms with E-state index in [1.54, 1.807) is 0 Å². The highest BCUT2D eigenvalue weighted by Crippen LogP contribution is 2.18. The Morgan fingerprint density at radius 1 is 1.50 bits per heavy atom. The van der Waals surface area contributed by atoms with Crippen LogP contribution in [0.25, 0.3) is 0 Å². The number of esters is 1. The molecular weight excluding hydrogens is 244 g/mol. The van der Waals surface area contributed by atoms with Gasteiger partial charge >= 0.3 is 5.97 Å². The second-order valence-corrected chi connectivity index (χ2v) is 3.93. The van der Waals surface area contributed by atoms with E-state index < -0.39 is 0 Å². The van der Waals surface area contributed by atoms with E-state index in [0.717, 1.165) is 15.6 Å². The fraction of sp³-hybridized carbons (Fsp3) is 0.364. The maximum atomic E-state index is 11.2. The van der Waals surface area contributed by atoms with Crippen molar-refractivity contribution >= 4 is 21.9 Å². The molecule has 0 N–H and O–H groups in total. The molecule has 1 aromatic rings. The van der Waals surface area contributed by atoms with Crippen LogP contribution in [0.4, 0.5) is 0 Å². The molecule has 0 aromatic heterocycles. The topological polar surface area (TPSA) is 26.3 Å². The van der Waals surface area contributed by atoms with Crippen LogP contribution >= 0.6 is 15.9 Å². The van der Waals surface area contributed by atoms with Gasteiger partial charge in [-0.1, -0.05) is 33.6 Å². The molecule has 0 saturated heterocycles. The molecule has 1 aromatic carbocycles. The largest absolute Gasteiger partial charge is 0.466 e. The average molecular weight is 257 g/mol. The predicted molar refractivity (Wildman–Crippen MR) is 59.2 cm³/mol. The number of hydrogen-bond donors (Lipinski definition) is 0. The minimum atomic E-state index is -0.182. The summed E-state index contributed by atoms with van der Waals surface area (Å²) in [4.78, 5) is 11.2. The van der Waals surface area contributed by atoms with E-state index in [9.17, 15) is 4.79 Å². The number of halogens is 1. The molecule has 3 heteroatoms. The van der Waals surface area contributed by atoms with E-state index in [2.05, 4.69) is 15.9 Å². The van der Waals surface area contributed by atoms with Crippen LogP contribution in [0, 0.1) is 6.92 Å². The first kappa shape index (κ1) is 11.2. The number of ether oxygens (including phenoxy) is 1. The molecule has 0 atom stereocenters. The summed E-state index contributed by atoms with van der Waals surface area (Å²) < 4.78 is 5.84. The number of carbonyl (C=O) groups is 1. The minimum Gasteiger partial charge on any atom is -0.466 e. The Morgan fingerprint density at radius 2 is 2.21 bits per heavy atom. The first-order valence-corrected chi connectivity index (χ1v) is 5.33. The molecule has 1 rings (SSSR count). The summed E-state index contributed by atoms with van der Waals surface area (Å²) in [6, 6.07) is 5.93. The third-order valence-corrected chi connectivity index (χ3v) is 2.61. The van der Waals surface area contributed by atoms with Crippen molar-refractivity contribution in [1.82, 2.24) is 0 Å². The zero-order valence-corrected chi connectivity index (χ0v) is 9.93. The highest BCUT2D eigenvalue weighted by Gasteiger charge is 2.07. The molecule has 0 amide bonds. The van der Waals surface area contributed by atoms with Gasteiger partial charge in [-0.25, -0.2) is 0 Å². The fourth-order valence-electron chi connectivity index (χ4n) is 1.21. The molecule has 0 bridgehead atoms. The Kier molecular flexibility index (Phi) is 4.14. The van der Waals surface area contributed by atoms with E-state index in [1.807, 2.05) is 32.0 Å². The van der Waals surface area contributed by atoms with Crippen molar-refractivity contribution in [2.45, 2.75) is 20.3 Å². The minimum absolute atomic E-state index is 0.182. The summed E-state index contributed by atoms with van der Waals surface area (Å²) in [5, 5.41) is 0. The van der Waals surface area contributed by atoms with Gasteiger partial charge in [0.2, 0.25) is 0 Å². The first-order chi connectivity index (χ1) is 6.63. The summed E-state index contributed by atoms with van der Waals surface area (Å²) in [5.41, 5.74) is 2.12. The van der Waals surface area contributed by atoms with Crippen molar-refractivity contribution in [2.24, 2.45) is 0 Å². The fourth-order valence-corrected chi connectivity index (χ4v) is 1.59. The monoisotopic (exact) mass is 256 g/mol. The van der Waals surface area contributed by atoms with Crippen molar-refractivity contribution in [1.29, 1.82) is 0 Å². The van der Waals surface area contributed by atoms with Crippen LogP contribution in [0.5, 0.6) is 0 Å². The van der Waals surface area contributed by atoms with Gasteiger partial charge in [0.25, 0.3) is 0 Å². The van der Waals surface area contributed by atoms with Crippen LogP contribution in [0.2, 0.25) is 0 Å². The Hall–Kier alpha value is -0.830. The summed E-state index contributed by atoms with van der Waals surface area (Å²) in [6.45, 7) is 4.24. The quantitative estimate of drug-likeness (QED) is 0.778. The molecule has 0 saturated carbocycles. The van der Waals surface area contributed by atoms with E-state index in [-0.39, 0.29) is 5.97 Å². The van der Waals surface area contributed by atoms with Crippen LogP contribution in [-0.2, 0) is 16.0 Å². The van der Waals surface area contributed by atoms with Gasteiger partial charge in [0.05, 0.1) is 13.0 Å². The zero-order valence-electron chi connectivity index (χ0n) is 8.34. The highest BCUT2D eigenvalue weighted by molar-refractivity contribution is 9.10. The third-order valence-electron chi connectivity index (χ3n) is 1.84.